The lowest BCUT2D eigenvalue weighted by molar-refractivity contribution is 0.246. The summed E-state index contributed by atoms with van der Waals surface area (Å²) >= 11 is 0. The van der Waals surface area contributed by atoms with Crippen molar-refractivity contribution in [2.75, 3.05) is 13.2 Å². The Hall–Kier alpha value is -1.68. The van der Waals surface area contributed by atoms with Gasteiger partial charge >= 0.3 is 0 Å². The fourth-order valence-electron chi connectivity index (χ4n) is 0.766. The van der Waals surface area contributed by atoms with Gasteiger partial charge in [-0.3, -0.25) is 0 Å². The van der Waals surface area contributed by atoms with E-state index in [0.29, 0.717) is 10.5 Å². The number of rotatable bonds is 6. The van der Waals surface area contributed by atoms with Crippen molar-refractivity contribution >= 4 is 28.7 Å². The lowest BCUT2D eigenvalue weighted by Crippen LogP contribution is -2.33. The van der Waals surface area contributed by atoms with Gasteiger partial charge in [0.25, 0.3) is 0 Å². The smallest absolute Gasteiger partial charge is 0.237 e. The molecule has 0 rings (SSSR count). The minimum absolute atomic E-state index is 0.116. The Morgan fingerprint density at radius 1 is 1.14 bits per heavy atom. The van der Waals surface area contributed by atoms with Crippen molar-refractivity contribution in [2.45, 2.75) is 5.66 Å². The minimum Gasteiger partial charge on any atom is -0.423 e. The van der Waals surface area contributed by atoms with Crippen LogP contribution in [0.1, 0.15) is 0 Å². The van der Waals surface area contributed by atoms with Crippen LogP contribution in [-0.2, 0) is 18.8 Å². The Kier molecular flexibility index (Phi) is 5.98. The van der Waals surface area contributed by atoms with E-state index in [2.05, 4.69) is 15.0 Å². The molecule has 0 aliphatic carbocycles. The number of nitrogens with zero attached hydrogens (tertiary/aromatic N) is 3. The lowest BCUT2D eigenvalue weighted by Gasteiger charge is -2.17. The first kappa shape index (κ1) is 12.3. The second-order valence-electron chi connectivity index (χ2n) is 2.23. The topological polar surface area (TPSA) is 97.5 Å². The Morgan fingerprint density at radius 3 is 2.07 bits per heavy atom. The highest BCUT2D eigenvalue weighted by atomic mass is 28.2. The molecule has 0 fully saturated rings. The standard InChI is InChI=1S/C6H7N3O4Si/c10-3-7-1-6(2-13-14,8-4-11)9-5-12/h1-2H2,14H3. The summed E-state index contributed by atoms with van der Waals surface area (Å²) in [5.74, 6) is 0. The van der Waals surface area contributed by atoms with Crippen LogP contribution in [0.3, 0.4) is 0 Å². The molecule has 0 radical (unpaired) electrons. The predicted molar refractivity (Wildman–Crippen MR) is 47.9 cm³/mol. The lowest BCUT2D eigenvalue weighted by atomic mass is 10.2. The molecule has 0 atom stereocenters. The Balaban J connectivity index is 4.99. The maximum atomic E-state index is 10.1. The van der Waals surface area contributed by atoms with Crippen LogP contribution in [0, 0.1) is 0 Å². The van der Waals surface area contributed by atoms with Gasteiger partial charge in [0.1, 0.15) is 17.0 Å². The maximum Gasteiger partial charge on any atom is 0.237 e. The van der Waals surface area contributed by atoms with Crippen molar-refractivity contribution in [1.82, 2.24) is 0 Å². The van der Waals surface area contributed by atoms with Crippen molar-refractivity contribution < 1.29 is 18.8 Å². The van der Waals surface area contributed by atoms with E-state index >= 15 is 0 Å². The van der Waals surface area contributed by atoms with Gasteiger partial charge in [0.2, 0.25) is 23.9 Å². The van der Waals surface area contributed by atoms with Gasteiger partial charge < -0.3 is 4.43 Å². The number of hydrogen-bond acceptors (Lipinski definition) is 7. The van der Waals surface area contributed by atoms with Crippen LogP contribution in [0.5, 0.6) is 0 Å². The number of hydrogen-bond donors (Lipinski definition) is 0. The van der Waals surface area contributed by atoms with Crippen molar-refractivity contribution in [3.8, 4) is 0 Å². The van der Waals surface area contributed by atoms with E-state index in [4.69, 9.17) is 4.43 Å². The highest BCUT2D eigenvalue weighted by molar-refractivity contribution is 5.98. The molecule has 0 aromatic carbocycles. The summed E-state index contributed by atoms with van der Waals surface area (Å²) in [4.78, 5) is 39.7. The largest absolute Gasteiger partial charge is 0.423 e. The van der Waals surface area contributed by atoms with Crippen molar-refractivity contribution in [3.05, 3.63) is 0 Å². The molecular weight excluding hydrogens is 206 g/mol. The van der Waals surface area contributed by atoms with Crippen LogP contribution in [0.2, 0.25) is 0 Å². The molecule has 0 saturated carbocycles. The Bertz CT molecular complexity index is 308. The number of isocyanates is 3. The van der Waals surface area contributed by atoms with E-state index in [0.717, 1.165) is 0 Å². The van der Waals surface area contributed by atoms with Gasteiger partial charge in [-0.2, -0.15) is 9.98 Å². The first-order valence-electron chi connectivity index (χ1n) is 3.45. The predicted octanol–water partition coefficient (Wildman–Crippen LogP) is -2.01. The van der Waals surface area contributed by atoms with E-state index in [1.807, 2.05) is 0 Å². The van der Waals surface area contributed by atoms with E-state index in [1.165, 1.54) is 18.2 Å². The third kappa shape index (κ3) is 3.82. The number of carbonyl (C=O) groups excluding carboxylic acids is 3. The van der Waals surface area contributed by atoms with Gasteiger partial charge in [-0.1, -0.05) is 0 Å². The summed E-state index contributed by atoms with van der Waals surface area (Å²) in [5.41, 5.74) is -1.51. The highest BCUT2D eigenvalue weighted by Crippen LogP contribution is 2.12. The SMILES string of the molecule is O=C=NCC(CO[SiH3])(N=C=O)N=C=O. The molecular formula is C6H7N3O4Si. The molecule has 0 saturated heterocycles. The zero-order valence-electron chi connectivity index (χ0n) is 7.39. The molecule has 0 heterocycles. The molecule has 0 aromatic rings. The van der Waals surface area contributed by atoms with Crippen molar-refractivity contribution in [1.29, 1.82) is 0 Å². The number of aliphatic imine (C=N–C) groups is 3. The average Bonchev–Trinajstić information content (AvgIpc) is 2.16. The zero-order valence-corrected chi connectivity index (χ0v) is 9.39. The molecule has 0 aliphatic heterocycles. The molecule has 0 aliphatic rings. The van der Waals surface area contributed by atoms with Gasteiger partial charge in [0.15, 0.2) is 0 Å². The van der Waals surface area contributed by atoms with E-state index in [-0.39, 0.29) is 13.2 Å². The minimum atomic E-state index is -1.51. The van der Waals surface area contributed by atoms with Crippen LogP contribution >= 0.6 is 0 Å². The Morgan fingerprint density at radius 2 is 1.71 bits per heavy atom. The normalized spacial score (nSPS) is 12.9. The summed E-state index contributed by atoms with van der Waals surface area (Å²) in [5, 5.41) is 0. The summed E-state index contributed by atoms with van der Waals surface area (Å²) < 4.78 is 4.81. The molecule has 0 aromatic heterocycles. The summed E-state index contributed by atoms with van der Waals surface area (Å²) in [6.07, 6.45) is 3.72. The van der Waals surface area contributed by atoms with E-state index in [9.17, 15) is 14.4 Å². The fraction of sp³-hybridized carbons (Fsp3) is 0.500. The molecule has 14 heavy (non-hydrogen) atoms. The van der Waals surface area contributed by atoms with E-state index < -0.39 is 5.66 Å². The molecule has 8 heteroatoms. The van der Waals surface area contributed by atoms with Crippen molar-refractivity contribution in [3.63, 3.8) is 0 Å². The third-order valence-electron chi connectivity index (χ3n) is 1.28. The molecule has 0 amide bonds. The summed E-state index contributed by atoms with van der Waals surface area (Å²) in [6.45, 7) is -0.405. The third-order valence-corrected chi connectivity index (χ3v) is 1.57. The second-order valence-corrected chi connectivity index (χ2v) is 2.81. The summed E-state index contributed by atoms with van der Waals surface area (Å²) in [6, 6.07) is 0. The van der Waals surface area contributed by atoms with E-state index in [1.54, 1.807) is 0 Å². The molecule has 0 N–H and O–H groups in total. The average molecular weight is 213 g/mol. The first-order valence-corrected chi connectivity index (χ1v) is 4.27. The molecule has 0 spiro atoms. The molecule has 74 valence electrons. The van der Waals surface area contributed by atoms with Crippen LogP contribution in [0.15, 0.2) is 15.0 Å². The monoisotopic (exact) mass is 213 g/mol. The van der Waals surface area contributed by atoms with Gasteiger partial charge in [-0.25, -0.2) is 19.4 Å². The van der Waals surface area contributed by atoms with Crippen LogP contribution in [0.4, 0.5) is 0 Å². The van der Waals surface area contributed by atoms with Gasteiger partial charge in [0.05, 0.1) is 6.61 Å². The summed E-state index contributed by atoms with van der Waals surface area (Å²) in [7, 11) is 0.373. The van der Waals surface area contributed by atoms with Crippen LogP contribution in [-0.4, -0.2) is 47.5 Å². The van der Waals surface area contributed by atoms with Crippen LogP contribution in [0.25, 0.3) is 0 Å². The fourth-order valence-corrected chi connectivity index (χ4v) is 1.23. The molecule has 7 nitrogen and oxygen atoms in total. The van der Waals surface area contributed by atoms with Gasteiger partial charge in [-0.05, 0) is 0 Å². The highest BCUT2D eigenvalue weighted by Gasteiger charge is 2.29. The zero-order chi connectivity index (χ0) is 10.9. The quantitative estimate of drug-likeness (QED) is 0.289. The van der Waals surface area contributed by atoms with Crippen molar-refractivity contribution in [2.24, 2.45) is 15.0 Å². The maximum absolute atomic E-state index is 10.1. The van der Waals surface area contributed by atoms with Gasteiger partial charge in [0, 0.05) is 0 Å². The second kappa shape index (κ2) is 6.79. The molecule has 0 unspecified atom stereocenters. The molecule has 0 bridgehead atoms. The van der Waals surface area contributed by atoms with Crippen LogP contribution < -0.4 is 0 Å². The van der Waals surface area contributed by atoms with Gasteiger partial charge in [-0.15, -0.1) is 0 Å². The Labute approximate surface area is 82.1 Å². The first-order chi connectivity index (χ1) is 6.74.